The van der Waals surface area contributed by atoms with Gasteiger partial charge in [-0.3, -0.25) is 9.97 Å². The van der Waals surface area contributed by atoms with E-state index in [0.717, 1.165) is 0 Å². The first-order valence-corrected chi connectivity index (χ1v) is 7.28. The van der Waals surface area contributed by atoms with E-state index in [0.29, 0.717) is 5.69 Å². The Bertz CT molecular complexity index is 524. The van der Waals surface area contributed by atoms with Gasteiger partial charge in [-0.05, 0) is 6.42 Å². The average molecular weight is 328 g/mol. The van der Waals surface area contributed by atoms with E-state index in [4.69, 9.17) is 4.74 Å². The summed E-state index contributed by atoms with van der Waals surface area (Å²) in [5.41, 5.74) is 0.545. The highest BCUT2D eigenvalue weighted by Gasteiger charge is 2.31. The van der Waals surface area contributed by atoms with Crippen LogP contribution in [0.5, 0.6) is 0 Å². The van der Waals surface area contributed by atoms with Crippen molar-refractivity contribution in [2.45, 2.75) is 50.3 Å². The standard InChI is InChI=1S/C14H20N2O7/c1-2-9(17)13(20)12(19)8-5-15-7(4-16-8)3-11-10(18)6-22-14(21)23-11/h4-5,9-13,17-20H,2-3,6H2,1H3. The Kier molecular flexibility index (Phi) is 5.83. The smallest absolute Gasteiger partial charge is 0.431 e. The highest BCUT2D eigenvalue weighted by Crippen LogP contribution is 2.19. The second-order valence-corrected chi connectivity index (χ2v) is 5.33. The van der Waals surface area contributed by atoms with Crippen molar-refractivity contribution in [2.24, 2.45) is 0 Å². The molecule has 1 aliphatic heterocycles. The fourth-order valence-corrected chi connectivity index (χ4v) is 2.13. The summed E-state index contributed by atoms with van der Waals surface area (Å²) in [5.74, 6) is 0. The molecule has 1 saturated heterocycles. The van der Waals surface area contributed by atoms with Crippen LogP contribution in [0.3, 0.4) is 0 Å². The minimum absolute atomic E-state index is 0.110. The lowest BCUT2D eigenvalue weighted by Crippen LogP contribution is -2.42. The number of carbonyl (C=O) groups is 1. The predicted octanol–water partition coefficient (Wildman–Crippen LogP) is -0.919. The molecule has 9 heteroatoms. The van der Waals surface area contributed by atoms with Gasteiger partial charge in [0, 0.05) is 12.6 Å². The SMILES string of the molecule is CCC(O)C(O)C(O)c1cnc(CC2OC(=O)OCC2O)cn1. The van der Waals surface area contributed by atoms with Crippen LogP contribution in [-0.4, -0.2) is 67.6 Å². The molecule has 5 atom stereocenters. The first-order chi connectivity index (χ1) is 10.9. The Labute approximate surface area is 132 Å². The largest absolute Gasteiger partial charge is 0.508 e. The van der Waals surface area contributed by atoms with Crippen molar-refractivity contribution in [3.8, 4) is 0 Å². The van der Waals surface area contributed by atoms with Gasteiger partial charge in [0.15, 0.2) is 0 Å². The summed E-state index contributed by atoms with van der Waals surface area (Å²) in [7, 11) is 0. The monoisotopic (exact) mass is 328 g/mol. The van der Waals surface area contributed by atoms with Gasteiger partial charge in [-0.1, -0.05) is 6.92 Å². The Morgan fingerprint density at radius 1 is 1.30 bits per heavy atom. The molecule has 0 aliphatic carbocycles. The van der Waals surface area contributed by atoms with E-state index in [-0.39, 0.29) is 25.1 Å². The van der Waals surface area contributed by atoms with Crippen molar-refractivity contribution >= 4 is 6.16 Å². The van der Waals surface area contributed by atoms with Crippen LogP contribution in [0.1, 0.15) is 30.8 Å². The molecule has 2 heterocycles. The third-order valence-corrected chi connectivity index (χ3v) is 3.62. The van der Waals surface area contributed by atoms with Gasteiger partial charge >= 0.3 is 6.16 Å². The molecule has 5 unspecified atom stereocenters. The van der Waals surface area contributed by atoms with Crippen molar-refractivity contribution < 1.29 is 34.7 Å². The molecule has 1 aromatic heterocycles. The van der Waals surface area contributed by atoms with E-state index in [1.54, 1.807) is 6.92 Å². The molecule has 0 radical (unpaired) electrons. The molecule has 23 heavy (non-hydrogen) atoms. The second kappa shape index (κ2) is 7.64. The molecule has 1 fully saturated rings. The molecule has 1 aromatic rings. The number of cyclic esters (lactones) is 2. The molecule has 0 bridgehead atoms. The van der Waals surface area contributed by atoms with Gasteiger partial charge < -0.3 is 29.9 Å². The van der Waals surface area contributed by atoms with E-state index in [2.05, 4.69) is 14.7 Å². The van der Waals surface area contributed by atoms with Gasteiger partial charge in [0.2, 0.25) is 0 Å². The maximum atomic E-state index is 11.0. The summed E-state index contributed by atoms with van der Waals surface area (Å²) < 4.78 is 9.40. The molecule has 128 valence electrons. The quantitative estimate of drug-likeness (QED) is 0.488. The number of aliphatic hydroxyl groups excluding tert-OH is 4. The van der Waals surface area contributed by atoms with E-state index in [1.165, 1.54) is 12.4 Å². The molecule has 4 N–H and O–H groups in total. The number of nitrogens with zero attached hydrogens (tertiary/aromatic N) is 2. The molecule has 0 spiro atoms. The third kappa shape index (κ3) is 4.35. The van der Waals surface area contributed by atoms with E-state index in [9.17, 15) is 25.2 Å². The molecule has 0 aromatic carbocycles. The summed E-state index contributed by atoms with van der Waals surface area (Å²) >= 11 is 0. The lowest BCUT2D eigenvalue weighted by molar-refractivity contribution is -0.0974. The van der Waals surface area contributed by atoms with Crippen molar-refractivity contribution in [1.29, 1.82) is 0 Å². The first-order valence-electron chi connectivity index (χ1n) is 7.28. The van der Waals surface area contributed by atoms with Crippen LogP contribution in [0, 0.1) is 0 Å². The Morgan fingerprint density at radius 3 is 2.65 bits per heavy atom. The minimum Gasteiger partial charge on any atom is -0.431 e. The Hall–Kier alpha value is -1.81. The first kappa shape index (κ1) is 17.5. The summed E-state index contributed by atoms with van der Waals surface area (Å²) in [6, 6.07) is 0. The fraction of sp³-hybridized carbons (Fsp3) is 0.643. The summed E-state index contributed by atoms with van der Waals surface area (Å²) in [6.45, 7) is 1.53. The lowest BCUT2D eigenvalue weighted by atomic mass is 10.0. The molecule has 2 rings (SSSR count). The topological polar surface area (TPSA) is 142 Å². The fourth-order valence-electron chi connectivity index (χ4n) is 2.13. The van der Waals surface area contributed by atoms with Gasteiger partial charge in [-0.15, -0.1) is 0 Å². The highest BCUT2D eigenvalue weighted by atomic mass is 16.7. The Balaban J connectivity index is 2.00. The van der Waals surface area contributed by atoms with Crippen molar-refractivity contribution in [1.82, 2.24) is 9.97 Å². The number of ether oxygens (including phenoxy) is 2. The number of aliphatic hydroxyl groups is 4. The van der Waals surface area contributed by atoms with Crippen molar-refractivity contribution in [3.63, 3.8) is 0 Å². The van der Waals surface area contributed by atoms with Crippen LogP contribution in [0.25, 0.3) is 0 Å². The zero-order chi connectivity index (χ0) is 17.0. The molecule has 1 aliphatic rings. The van der Waals surface area contributed by atoms with Gasteiger partial charge in [-0.2, -0.15) is 0 Å². The summed E-state index contributed by atoms with van der Waals surface area (Å²) in [6.07, 6.45) is -3.35. The number of carbonyl (C=O) groups excluding carboxylic acids is 1. The zero-order valence-electron chi connectivity index (χ0n) is 12.6. The third-order valence-electron chi connectivity index (χ3n) is 3.62. The normalized spacial score (nSPS) is 25.2. The van der Waals surface area contributed by atoms with Gasteiger partial charge in [0.25, 0.3) is 0 Å². The van der Waals surface area contributed by atoms with Gasteiger partial charge in [0.05, 0.1) is 23.7 Å². The van der Waals surface area contributed by atoms with Crippen LogP contribution in [0.4, 0.5) is 4.79 Å². The summed E-state index contributed by atoms with van der Waals surface area (Å²) in [5, 5.41) is 38.9. The number of rotatable bonds is 6. The second-order valence-electron chi connectivity index (χ2n) is 5.33. The maximum Gasteiger partial charge on any atom is 0.508 e. The molecule has 0 amide bonds. The zero-order valence-corrected chi connectivity index (χ0v) is 12.6. The van der Waals surface area contributed by atoms with Crippen LogP contribution < -0.4 is 0 Å². The van der Waals surface area contributed by atoms with Gasteiger partial charge in [-0.25, -0.2) is 4.79 Å². The predicted molar refractivity (Wildman–Crippen MR) is 75.2 cm³/mol. The van der Waals surface area contributed by atoms with E-state index < -0.39 is 36.7 Å². The summed E-state index contributed by atoms with van der Waals surface area (Å²) in [4.78, 5) is 19.1. The minimum atomic E-state index is -1.36. The number of hydrogen-bond donors (Lipinski definition) is 4. The Morgan fingerprint density at radius 2 is 2.04 bits per heavy atom. The van der Waals surface area contributed by atoms with Crippen LogP contribution >= 0.6 is 0 Å². The highest BCUT2D eigenvalue weighted by molar-refractivity contribution is 5.61. The van der Waals surface area contributed by atoms with Crippen molar-refractivity contribution in [3.05, 3.63) is 23.8 Å². The van der Waals surface area contributed by atoms with Crippen LogP contribution in [0.15, 0.2) is 12.4 Å². The average Bonchev–Trinajstić information content (AvgIpc) is 2.56. The van der Waals surface area contributed by atoms with E-state index >= 15 is 0 Å². The number of hydrogen-bond acceptors (Lipinski definition) is 9. The van der Waals surface area contributed by atoms with Crippen LogP contribution in [-0.2, 0) is 15.9 Å². The molecular weight excluding hydrogens is 308 g/mol. The van der Waals surface area contributed by atoms with Gasteiger partial charge in [0.1, 0.15) is 31.0 Å². The maximum absolute atomic E-state index is 11.0. The van der Waals surface area contributed by atoms with Crippen molar-refractivity contribution in [2.75, 3.05) is 6.61 Å². The lowest BCUT2D eigenvalue weighted by Gasteiger charge is -2.26. The van der Waals surface area contributed by atoms with E-state index in [1.807, 2.05) is 0 Å². The molecule has 0 saturated carbocycles. The molecule has 9 nitrogen and oxygen atoms in total. The number of aromatic nitrogens is 2. The molecular formula is C14H20N2O7. The van der Waals surface area contributed by atoms with Crippen LogP contribution in [0.2, 0.25) is 0 Å².